The molecule has 0 aliphatic heterocycles. The summed E-state index contributed by atoms with van der Waals surface area (Å²) < 4.78 is 0. The molecular formula is C17H20N2. The number of hydrogen-bond donors (Lipinski definition) is 1. The molecule has 0 saturated heterocycles. The zero-order chi connectivity index (χ0) is 13.2. The van der Waals surface area contributed by atoms with Gasteiger partial charge in [0.2, 0.25) is 0 Å². The molecule has 0 heterocycles. The predicted molar refractivity (Wildman–Crippen MR) is 81.6 cm³/mol. The standard InChI is InChI=1S/C17H20N2/c1-2-19(16-8-5-7-15(18)11-16)12-14-10-13-6-3-4-9-17(13)14/h3-9,11,14H,2,10,12,18H2,1H3. The zero-order valence-corrected chi connectivity index (χ0v) is 11.3. The van der Waals surface area contributed by atoms with Gasteiger partial charge in [-0.1, -0.05) is 30.3 Å². The molecule has 1 unspecified atom stereocenters. The van der Waals surface area contributed by atoms with Crippen LogP contribution in [0.4, 0.5) is 11.4 Å². The van der Waals surface area contributed by atoms with Crippen LogP contribution in [0.2, 0.25) is 0 Å². The van der Waals surface area contributed by atoms with Gasteiger partial charge in [0, 0.05) is 30.4 Å². The molecule has 2 aromatic carbocycles. The molecule has 0 amide bonds. The van der Waals surface area contributed by atoms with Crippen molar-refractivity contribution >= 4 is 11.4 Å². The quantitative estimate of drug-likeness (QED) is 0.845. The Kier molecular flexibility index (Phi) is 3.16. The van der Waals surface area contributed by atoms with Gasteiger partial charge in [-0.2, -0.15) is 0 Å². The third kappa shape index (κ3) is 2.30. The number of anilines is 2. The first kappa shape index (κ1) is 12.1. The molecule has 98 valence electrons. The van der Waals surface area contributed by atoms with Crippen molar-refractivity contribution in [2.24, 2.45) is 0 Å². The van der Waals surface area contributed by atoms with Crippen LogP contribution in [0.5, 0.6) is 0 Å². The largest absolute Gasteiger partial charge is 0.399 e. The normalized spacial score (nSPS) is 16.6. The summed E-state index contributed by atoms with van der Waals surface area (Å²) in [5.41, 5.74) is 11.0. The van der Waals surface area contributed by atoms with E-state index in [0.29, 0.717) is 5.92 Å². The zero-order valence-electron chi connectivity index (χ0n) is 11.3. The van der Waals surface area contributed by atoms with Gasteiger partial charge in [0.15, 0.2) is 0 Å². The Labute approximate surface area is 114 Å². The van der Waals surface area contributed by atoms with Crippen molar-refractivity contribution in [3.63, 3.8) is 0 Å². The molecule has 2 heteroatoms. The Bertz CT molecular complexity index is 577. The highest BCUT2D eigenvalue weighted by molar-refractivity contribution is 5.56. The molecule has 0 saturated carbocycles. The van der Waals surface area contributed by atoms with Gasteiger partial charge in [-0.25, -0.2) is 0 Å². The summed E-state index contributed by atoms with van der Waals surface area (Å²) in [6.07, 6.45) is 1.20. The molecule has 3 rings (SSSR count). The van der Waals surface area contributed by atoms with E-state index in [1.807, 2.05) is 12.1 Å². The molecule has 0 bridgehead atoms. The third-order valence-electron chi connectivity index (χ3n) is 4.02. The molecule has 2 nitrogen and oxygen atoms in total. The van der Waals surface area contributed by atoms with Crippen LogP contribution in [-0.2, 0) is 6.42 Å². The van der Waals surface area contributed by atoms with Gasteiger partial charge in [0.25, 0.3) is 0 Å². The van der Waals surface area contributed by atoms with E-state index in [9.17, 15) is 0 Å². The Morgan fingerprint density at radius 2 is 2.00 bits per heavy atom. The monoisotopic (exact) mass is 252 g/mol. The van der Waals surface area contributed by atoms with E-state index in [4.69, 9.17) is 5.73 Å². The minimum absolute atomic E-state index is 0.664. The summed E-state index contributed by atoms with van der Waals surface area (Å²) in [5, 5.41) is 0. The molecule has 0 radical (unpaired) electrons. The number of benzene rings is 2. The van der Waals surface area contributed by atoms with Gasteiger partial charge >= 0.3 is 0 Å². The Hall–Kier alpha value is -1.96. The number of nitrogens with zero attached hydrogens (tertiary/aromatic N) is 1. The second-order valence-electron chi connectivity index (χ2n) is 5.23. The van der Waals surface area contributed by atoms with Crippen LogP contribution in [0.1, 0.15) is 24.0 Å². The predicted octanol–water partition coefficient (Wildman–Crippen LogP) is 3.44. The van der Waals surface area contributed by atoms with Crippen LogP contribution < -0.4 is 10.6 Å². The third-order valence-corrected chi connectivity index (χ3v) is 4.02. The number of likely N-dealkylation sites (N-methyl/N-ethyl adjacent to an activating group) is 1. The first-order chi connectivity index (χ1) is 9.28. The van der Waals surface area contributed by atoms with Crippen LogP contribution >= 0.6 is 0 Å². The van der Waals surface area contributed by atoms with E-state index in [0.717, 1.165) is 18.8 Å². The fourth-order valence-electron chi connectivity index (χ4n) is 2.93. The molecule has 0 fully saturated rings. The molecule has 19 heavy (non-hydrogen) atoms. The first-order valence-corrected chi connectivity index (χ1v) is 6.96. The summed E-state index contributed by atoms with van der Waals surface area (Å²) >= 11 is 0. The lowest BCUT2D eigenvalue weighted by molar-refractivity contribution is 0.587. The second-order valence-corrected chi connectivity index (χ2v) is 5.23. The van der Waals surface area contributed by atoms with Crippen molar-refractivity contribution in [2.45, 2.75) is 19.3 Å². The van der Waals surface area contributed by atoms with E-state index in [-0.39, 0.29) is 0 Å². The van der Waals surface area contributed by atoms with Crippen LogP contribution in [0.15, 0.2) is 48.5 Å². The van der Waals surface area contributed by atoms with Crippen molar-refractivity contribution < 1.29 is 0 Å². The fraction of sp³-hybridized carbons (Fsp3) is 0.294. The maximum absolute atomic E-state index is 5.88. The maximum atomic E-state index is 5.88. The highest BCUT2D eigenvalue weighted by atomic mass is 15.1. The minimum atomic E-state index is 0.664. The molecule has 1 atom stereocenters. The fourth-order valence-corrected chi connectivity index (χ4v) is 2.93. The van der Waals surface area contributed by atoms with E-state index >= 15 is 0 Å². The number of hydrogen-bond acceptors (Lipinski definition) is 2. The number of nitrogens with two attached hydrogens (primary N) is 1. The van der Waals surface area contributed by atoms with E-state index in [1.165, 1.54) is 23.2 Å². The highest BCUT2D eigenvalue weighted by Gasteiger charge is 2.26. The molecule has 2 N–H and O–H groups in total. The van der Waals surface area contributed by atoms with Crippen molar-refractivity contribution in [3.8, 4) is 0 Å². The second kappa shape index (κ2) is 4.96. The highest BCUT2D eigenvalue weighted by Crippen LogP contribution is 2.36. The lowest BCUT2D eigenvalue weighted by Crippen LogP contribution is -2.33. The lowest BCUT2D eigenvalue weighted by Gasteiger charge is -2.35. The minimum Gasteiger partial charge on any atom is -0.399 e. The molecule has 0 spiro atoms. The first-order valence-electron chi connectivity index (χ1n) is 6.96. The lowest BCUT2D eigenvalue weighted by atomic mass is 9.77. The Morgan fingerprint density at radius 3 is 2.74 bits per heavy atom. The SMILES string of the molecule is CCN(CC1Cc2ccccc21)c1cccc(N)c1. The maximum Gasteiger partial charge on any atom is 0.0386 e. The van der Waals surface area contributed by atoms with Gasteiger partial charge in [0.05, 0.1) is 0 Å². The summed E-state index contributed by atoms with van der Waals surface area (Å²) in [6, 6.07) is 16.9. The van der Waals surface area contributed by atoms with Crippen molar-refractivity contribution in [1.29, 1.82) is 0 Å². The summed E-state index contributed by atoms with van der Waals surface area (Å²) in [5.74, 6) is 0.664. The Balaban J connectivity index is 1.76. The number of rotatable bonds is 4. The van der Waals surface area contributed by atoms with Crippen molar-refractivity contribution in [2.75, 3.05) is 23.7 Å². The van der Waals surface area contributed by atoms with E-state index < -0.39 is 0 Å². The summed E-state index contributed by atoms with van der Waals surface area (Å²) in [7, 11) is 0. The van der Waals surface area contributed by atoms with Crippen LogP contribution in [0.25, 0.3) is 0 Å². The van der Waals surface area contributed by atoms with Crippen molar-refractivity contribution in [1.82, 2.24) is 0 Å². The van der Waals surface area contributed by atoms with Gasteiger partial charge < -0.3 is 10.6 Å². The molecule has 0 aromatic heterocycles. The van der Waals surface area contributed by atoms with Crippen molar-refractivity contribution in [3.05, 3.63) is 59.7 Å². The van der Waals surface area contributed by atoms with Crippen LogP contribution in [0.3, 0.4) is 0 Å². The van der Waals surface area contributed by atoms with Gasteiger partial charge in [-0.05, 0) is 42.7 Å². The van der Waals surface area contributed by atoms with Gasteiger partial charge in [0.1, 0.15) is 0 Å². The molecule has 1 aliphatic rings. The summed E-state index contributed by atoms with van der Waals surface area (Å²) in [6.45, 7) is 4.30. The molecular weight excluding hydrogens is 232 g/mol. The van der Waals surface area contributed by atoms with E-state index in [1.54, 1.807) is 0 Å². The number of fused-ring (bicyclic) bond motifs is 1. The van der Waals surface area contributed by atoms with Crippen LogP contribution in [0, 0.1) is 0 Å². The Morgan fingerprint density at radius 1 is 1.16 bits per heavy atom. The molecule has 1 aliphatic carbocycles. The topological polar surface area (TPSA) is 29.3 Å². The smallest absolute Gasteiger partial charge is 0.0386 e. The van der Waals surface area contributed by atoms with Crippen LogP contribution in [-0.4, -0.2) is 13.1 Å². The summed E-state index contributed by atoms with van der Waals surface area (Å²) in [4.78, 5) is 2.41. The van der Waals surface area contributed by atoms with Gasteiger partial charge in [-0.15, -0.1) is 0 Å². The van der Waals surface area contributed by atoms with E-state index in [2.05, 4.69) is 48.2 Å². The van der Waals surface area contributed by atoms with Gasteiger partial charge in [-0.3, -0.25) is 0 Å². The average molecular weight is 252 g/mol. The molecule has 2 aromatic rings. The number of nitrogen functional groups attached to an aromatic ring is 1. The average Bonchev–Trinajstić information content (AvgIpc) is 2.40.